The predicted molar refractivity (Wildman–Crippen MR) is 131 cm³/mol. The van der Waals surface area contributed by atoms with Crippen molar-refractivity contribution in [2.24, 2.45) is 7.05 Å². The van der Waals surface area contributed by atoms with Gasteiger partial charge in [-0.3, -0.25) is 4.31 Å². The van der Waals surface area contributed by atoms with Crippen LogP contribution in [0.1, 0.15) is 38.8 Å². The second kappa shape index (κ2) is 13.6. The molecule has 166 valence electrons. The summed E-state index contributed by atoms with van der Waals surface area (Å²) in [6.07, 6.45) is 5.05. The third kappa shape index (κ3) is 8.41. The largest absolute Gasteiger partial charge is 0.340 e. The molecule has 0 spiro atoms. The molecule has 3 aromatic rings. The van der Waals surface area contributed by atoms with Crippen molar-refractivity contribution >= 4 is 15.7 Å². The van der Waals surface area contributed by atoms with Crippen LogP contribution in [0.4, 0.5) is 5.69 Å². The smallest absolute Gasteiger partial charge is 0.232 e. The van der Waals surface area contributed by atoms with Crippen molar-refractivity contribution < 1.29 is 8.42 Å². The maximum Gasteiger partial charge on any atom is 0.232 e. The summed E-state index contributed by atoms with van der Waals surface area (Å²) in [6.45, 7) is 12.0. The average Bonchev–Trinajstić information content (AvgIpc) is 3.17. The van der Waals surface area contributed by atoms with Gasteiger partial charge in [-0.1, -0.05) is 70.2 Å². The molecule has 0 radical (unpaired) electrons. The first kappa shape index (κ1) is 27.4. The van der Waals surface area contributed by atoms with E-state index in [9.17, 15) is 8.42 Å². The summed E-state index contributed by atoms with van der Waals surface area (Å²) < 4.78 is 25.7. The molecule has 30 heavy (non-hydrogen) atoms. The number of para-hydroxylation sites is 1. The molecule has 0 amide bonds. The Morgan fingerprint density at radius 3 is 1.80 bits per heavy atom. The number of rotatable bonds is 3. The molecule has 1 heterocycles. The lowest BCUT2D eigenvalue weighted by molar-refractivity contribution is 0.600. The van der Waals surface area contributed by atoms with Crippen LogP contribution in [-0.2, 0) is 17.1 Å². The SMILES string of the molecule is CC.CC.Cc1ccccc1-c1cn(C)cn1.Cc1ccccc1N(C)S(C)(=O)=O. The molecule has 0 aliphatic heterocycles. The van der Waals surface area contributed by atoms with E-state index in [0.717, 1.165) is 16.9 Å². The van der Waals surface area contributed by atoms with Gasteiger partial charge in [0.1, 0.15) is 0 Å². The van der Waals surface area contributed by atoms with Gasteiger partial charge in [0.05, 0.1) is 24.0 Å². The average molecular weight is 432 g/mol. The molecule has 0 aliphatic rings. The fourth-order valence-electron chi connectivity index (χ4n) is 2.51. The van der Waals surface area contributed by atoms with Gasteiger partial charge < -0.3 is 4.57 Å². The van der Waals surface area contributed by atoms with E-state index in [-0.39, 0.29) is 0 Å². The summed E-state index contributed by atoms with van der Waals surface area (Å²) in [5.74, 6) is 0. The van der Waals surface area contributed by atoms with Crippen LogP contribution in [-0.4, -0.2) is 31.3 Å². The first-order chi connectivity index (χ1) is 14.2. The molecule has 0 saturated heterocycles. The summed E-state index contributed by atoms with van der Waals surface area (Å²) in [4.78, 5) is 4.31. The number of nitrogens with zero attached hydrogens (tertiary/aromatic N) is 3. The van der Waals surface area contributed by atoms with Gasteiger partial charge in [0.15, 0.2) is 0 Å². The summed E-state index contributed by atoms with van der Waals surface area (Å²) in [6, 6.07) is 15.7. The zero-order chi connectivity index (χ0) is 23.3. The van der Waals surface area contributed by atoms with Crippen LogP contribution in [0.3, 0.4) is 0 Å². The molecule has 3 rings (SSSR count). The van der Waals surface area contributed by atoms with Crippen molar-refractivity contribution in [3.05, 3.63) is 72.2 Å². The van der Waals surface area contributed by atoms with Gasteiger partial charge in [-0.05, 0) is 31.0 Å². The summed E-state index contributed by atoms with van der Waals surface area (Å²) in [5.41, 5.74) is 5.20. The highest BCUT2D eigenvalue weighted by atomic mass is 32.2. The van der Waals surface area contributed by atoms with Crippen LogP contribution < -0.4 is 4.31 Å². The quantitative estimate of drug-likeness (QED) is 0.523. The van der Waals surface area contributed by atoms with E-state index in [0.29, 0.717) is 0 Å². The van der Waals surface area contributed by atoms with Gasteiger partial charge >= 0.3 is 0 Å². The van der Waals surface area contributed by atoms with Gasteiger partial charge in [0, 0.05) is 25.9 Å². The number of benzene rings is 2. The second-order valence-corrected chi connectivity index (χ2v) is 8.27. The van der Waals surface area contributed by atoms with Gasteiger partial charge in [-0.2, -0.15) is 0 Å². The van der Waals surface area contributed by atoms with Crippen LogP contribution in [0, 0.1) is 13.8 Å². The topological polar surface area (TPSA) is 55.2 Å². The van der Waals surface area contributed by atoms with Gasteiger partial charge in [0.25, 0.3) is 0 Å². The van der Waals surface area contributed by atoms with Crippen LogP contribution in [0.25, 0.3) is 11.3 Å². The fourth-order valence-corrected chi connectivity index (χ4v) is 3.07. The van der Waals surface area contributed by atoms with Crippen molar-refractivity contribution in [1.82, 2.24) is 9.55 Å². The zero-order valence-corrected chi connectivity index (χ0v) is 20.7. The summed E-state index contributed by atoms with van der Waals surface area (Å²) in [5, 5.41) is 0. The van der Waals surface area contributed by atoms with Gasteiger partial charge in [0.2, 0.25) is 10.0 Å². The van der Waals surface area contributed by atoms with Crippen molar-refractivity contribution in [1.29, 1.82) is 0 Å². The van der Waals surface area contributed by atoms with E-state index in [1.165, 1.54) is 21.7 Å². The number of imidazole rings is 1. The highest BCUT2D eigenvalue weighted by molar-refractivity contribution is 7.92. The Morgan fingerprint density at radius 1 is 0.867 bits per heavy atom. The number of sulfonamides is 1. The molecular formula is C24H37N3O2S. The Balaban J connectivity index is 0.000000481. The first-order valence-corrected chi connectivity index (χ1v) is 12.1. The van der Waals surface area contributed by atoms with Crippen LogP contribution in [0.15, 0.2) is 61.1 Å². The first-order valence-electron chi connectivity index (χ1n) is 10.2. The Labute approximate surface area is 183 Å². The maximum absolute atomic E-state index is 11.2. The molecule has 5 nitrogen and oxygen atoms in total. The number of hydrogen-bond acceptors (Lipinski definition) is 3. The van der Waals surface area contributed by atoms with E-state index in [4.69, 9.17) is 0 Å². The van der Waals surface area contributed by atoms with Crippen molar-refractivity contribution in [2.75, 3.05) is 17.6 Å². The number of aryl methyl sites for hydroxylation is 3. The van der Waals surface area contributed by atoms with Crippen molar-refractivity contribution in [2.45, 2.75) is 41.5 Å². The summed E-state index contributed by atoms with van der Waals surface area (Å²) in [7, 11) is 0.389. The minimum atomic E-state index is -3.15. The predicted octanol–water partition coefficient (Wildman–Crippen LogP) is 5.84. The molecule has 0 N–H and O–H groups in total. The van der Waals surface area contributed by atoms with Gasteiger partial charge in [-0.25, -0.2) is 13.4 Å². The number of hydrogen-bond donors (Lipinski definition) is 0. The molecule has 6 heteroatoms. The molecule has 0 fully saturated rings. The van der Waals surface area contributed by atoms with E-state index >= 15 is 0 Å². The molecule has 1 aromatic heterocycles. The highest BCUT2D eigenvalue weighted by Crippen LogP contribution is 2.20. The van der Waals surface area contributed by atoms with Crippen molar-refractivity contribution in [3.8, 4) is 11.3 Å². The van der Waals surface area contributed by atoms with E-state index in [1.54, 1.807) is 13.1 Å². The molecule has 0 atom stereocenters. The third-order valence-electron chi connectivity index (χ3n) is 4.08. The molecular weight excluding hydrogens is 394 g/mol. The second-order valence-electron chi connectivity index (χ2n) is 6.26. The lowest BCUT2D eigenvalue weighted by Gasteiger charge is -2.18. The van der Waals surface area contributed by atoms with Crippen LogP contribution in [0.5, 0.6) is 0 Å². The number of anilines is 1. The Kier molecular flexibility index (Phi) is 12.4. The molecule has 0 bridgehead atoms. The fraction of sp³-hybridized carbons (Fsp3) is 0.375. The third-order valence-corrected chi connectivity index (χ3v) is 5.27. The minimum Gasteiger partial charge on any atom is -0.340 e. The molecule has 0 unspecified atom stereocenters. The minimum absolute atomic E-state index is 0.727. The number of aromatic nitrogens is 2. The molecule has 0 saturated carbocycles. The lowest BCUT2D eigenvalue weighted by Crippen LogP contribution is -2.25. The van der Waals surface area contributed by atoms with E-state index in [1.807, 2.05) is 89.1 Å². The standard InChI is InChI=1S/C11H12N2.C9H13NO2S.2C2H6/c1-9-5-3-4-6-10(9)11-7-13(2)8-12-11;1-8-6-4-5-7-9(8)10(2)13(3,11)12;2*1-2/h3-8H,1-2H3;4-7H,1-3H3;2*1-2H3. The van der Waals surface area contributed by atoms with Crippen molar-refractivity contribution in [3.63, 3.8) is 0 Å². The summed E-state index contributed by atoms with van der Waals surface area (Å²) >= 11 is 0. The van der Waals surface area contributed by atoms with E-state index in [2.05, 4.69) is 24.0 Å². The highest BCUT2D eigenvalue weighted by Gasteiger charge is 2.12. The van der Waals surface area contributed by atoms with Crippen LogP contribution in [0.2, 0.25) is 0 Å². The zero-order valence-electron chi connectivity index (χ0n) is 19.8. The maximum atomic E-state index is 11.2. The lowest BCUT2D eigenvalue weighted by atomic mass is 10.1. The van der Waals surface area contributed by atoms with E-state index < -0.39 is 10.0 Å². The monoisotopic (exact) mass is 431 g/mol. The Bertz CT molecular complexity index is 979. The molecule has 2 aromatic carbocycles. The molecule has 0 aliphatic carbocycles. The Morgan fingerprint density at radius 2 is 1.37 bits per heavy atom. The Hall–Kier alpha value is -2.60. The normalized spacial score (nSPS) is 9.77. The van der Waals surface area contributed by atoms with Gasteiger partial charge in [-0.15, -0.1) is 0 Å². The van der Waals surface area contributed by atoms with Crippen LogP contribution >= 0.6 is 0 Å².